The van der Waals surface area contributed by atoms with Crippen molar-refractivity contribution in [3.63, 3.8) is 0 Å². The first-order valence-electron chi connectivity index (χ1n) is 10.6. The molecule has 4 rings (SSSR count). The van der Waals surface area contributed by atoms with Gasteiger partial charge in [-0.05, 0) is 30.9 Å². The van der Waals surface area contributed by atoms with E-state index in [2.05, 4.69) is 29.0 Å². The Balaban J connectivity index is 1.51. The highest BCUT2D eigenvalue weighted by Gasteiger charge is 2.24. The topological polar surface area (TPSA) is 82.2 Å². The Labute approximate surface area is 186 Å². The fraction of sp³-hybridized carbons (Fsp3) is 0.435. The largest absolute Gasteiger partial charge is 0.493 e. The van der Waals surface area contributed by atoms with Crippen LogP contribution in [-0.2, 0) is 11.3 Å². The van der Waals surface area contributed by atoms with Crippen molar-refractivity contribution in [1.29, 1.82) is 0 Å². The summed E-state index contributed by atoms with van der Waals surface area (Å²) in [6, 6.07) is 7.94. The fourth-order valence-electron chi connectivity index (χ4n) is 4.09. The number of nitrogens with one attached hydrogen (secondary N) is 1. The number of rotatable bonds is 8. The highest BCUT2D eigenvalue weighted by molar-refractivity contribution is 7.99. The molecule has 0 aliphatic heterocycles. The molecule has 0 bridgehead atoms. The van der Waals surface area contributed by atoms with Crippen molar-refractivity contribution in [3.05, 3.63) is 36.9 Å². The molecule has 0 saturated heterocycles. The minimum Gasteiger partial charge on any atom is -0.493 e. The first kappa shape index (κ1) is 21.5. The van der Waals surface area contributed by atoms with Gasteiger partial charge in [0.1, 0.15) is 0 Å². The Morgan fingerprint density at radius 1 is 1.39 bits per heavy atom. The molecule has 8 heteroatoms. The van der Waals surface area contributed by atoms with Crippen LogP contribution in [0, 0.1) is 5.92 Å². The van der Waals surface area contributed by atoms with E-state index in [1.165, 1.54) is 31.0 Å². The molecule has 1 saturated carbocycles. The number of para-hydroxylation sites is 1. The van der Waals surface area contributed by atoms with E-state index < -0.39 is 0 Å². The summed E-state index contributed by atoms with van der Waals surface area (Å²) < 4.78 is 13.4. The number of aromatic nitrogens is 3. The number of ether oxygens (including phenoxy) is 1. The molecule has 2 aromatic heterocycles. The van der Waals surface area contributed by atoms with Gasteiger partial charge in [0.15, 0.2) is 22.2 Å². The zero-order valence-electron chi connectivity index (χ0n) is 18.0. The fourth-order valence-corrected chi connectivity index (χ4v) is 4.85. The highest BCUT2D eigenvalue weighted by atomic mass is 32.2. The van der Waals surface area contributed by atoms with E-state index in [0.717, 1.165) is 11.8 Å². The Morgan fingerprint density at radius 2 is 2.23 bits per heavy atom. The molecule has 1 N–H and O–H groups in total. The summed E-state index contributed by atoms with van der Waals surface area (Å²) in [5, 5.41) is 13.4. The quantitative estimate of drug-likeness (QED) is 0.405. The minimum atomic E-state index is 0.0342. The SMILES string of the molecule is C=CCn1c(SCC(=O)NC2CCCCC2C)nnc1-c1cc2cccc(OC)c2o1. The number of fused-ring (bicyclic) bond motifs is 1. The predicted octanol–water partition coefficient (Wildman–Crippen LogP) is 4.67. The summed E-state index contributed by atoms with van der Waals surface area (Å²) in [6.45, 7) is 6.58. The average Bonchev–Trinajstić information content (AvgIpc) is 3.38. The summed E-state index contributed by atoms with van der Waals surface area (Å²) in [4.78, 5) is 12.5. The lowest BCUT2D eigenvalue weighted by atomic mass is 9.86. The molecule has 2 unspecified atom stereocenters. The summed E-state index contributed by atoms with van der Waals surface area (Å²) in [7, 11) is 1.62. The van der Waals surface area contributed by atoms with Gasteiger partial charge in [0.2, 0.25) is 11.7 Å². The zero-order chi connectivity index (χ0) is 21.8. The van der Waals surface area contributed by atoms with E-state index >= 15 is 0 Å². The van der Waals surface area contributed by atoms with Crippen molar-refractivity contribution in [2.45, 2.75) is 50.4 Å². The Morgan fingerprint density at radius 3 is 3.00 bits per heavy atom. The minimum absolute atomic E-state index is 0.0342. The van der Waals surface area contributed by atoms with Gasteiger partial charge in [0.25, 0.3) is 0 Å². The maximum absolute atomic E-state index is 12.5. The third kappa shape index (κ3) is 4.63. The zero-order valence-corrected chi connectivity index (χ0v) is 18.8. The normalized spacial score (nSPS) is 18.8. The first-order valence-corrected chi connectivity index (χ1v) is 11.6. The standard InChI is InChI=1S/C23H28N4O3S/c1-4-12-27-22(19-13-16-9-7-11-18(29-3)21(16)30-19)25-26-23(27)31-14-20(28)24-17-10-6-5-8-15(17)2/h4,7,9,11,13,15,17H,1,5-6,8,10,12,14H2,2-3H3,(H,24,28). The smallest absolute Gasteiger partial charge is 0.230 e. The van der Waals surface area contributed by atoms with Crippen molar-refractivity contribution >= 4 is 28.6 Å². The second-order valence-corrected chi connectivity index (χ2v) is 8.86. The van der Waals surface area contributed by atoms with E-state index in [9.17, 15) is 4.79 Å². The Kier molecular flexibility index (Phi) is 6.65. The molecule has 0 spiro atoms. The summed E-state index contributed by atoms with van der Waals surface area (Å²) in [6.07, 6.45) is 6.45. The van der Waals surface area contributed by atoms with Gasteiger partial charge in [0, 0.05) is 18.0 Å². The van der Waals surface area contributed by atoms with Crippen LogP contribution >= 0.6 is 11.8 Å². The molecule has 7 nitrogen and oxygen atoms in total. The maximum atomic E-state index is 12.5. The molecule has 1 amide bonds. The number of thioether (sulfide) groups is 1. The molecule has 1 aromatic carbocycles. The monoisotopic (exact) mass is 440 g/mol. The van der Waals surface area contributed by atoms with Crippen molar-refractivity contribution in [1.82, 2.24) is 20.1 Å². The number of amides is 1. The summed E-state index contributed by atoms with van der Waals surface area (Å²) >= 11 is 1.38. The number of benzene rings is 1. The van der Waals surface area contributed by atoms with Crippen LogP contribution in [0.25, 0.3) is 22.6 Å². The van der Waals surface area contributed by atoms with E-state index in [1.54, 1.807) is 13.2 Å². The van der Waals surface area contributed by atoms with Gasteiger partial charge in [-0.3, -0.25) is 9.36 Å². The van der Waals surface area contributed by atoms with E-state index in [-0.39, 0.29) is 11.9 Å². The van der Waals surface area contributed by atoms with E-state index in [4.69, 9.17) is 9.15 Å². The lowest BCUT2D eigenvalue weighted by molar-refractivity contribution is -0.119. The van der Waals surface area contributed by atoms with Crippen LogP contribution in [0.4, 0.5) is 0 Å². The predicted molar refractivity (Wildman–Crippen MR) is 122 cm³/mol. The van der Waals surface area contributed by atoms with Crippen molar-refractivity contribution in [2.24, 2.45) is 5.92 Å². The molecule has 3 aromatic rings. The Bertz CT molecular complexity index is 1070. The molecule has 1 aliphatic carbocycles. The number of carbonyl (C=O) groups excluding carboxylic acids is 1. The van der Waals surface area contributed by atoms with Gasteiger partial charge in [-0.2, -0.15) is 0 Å². The number of allylic oxidation sites excluding steroid dienone is 1. The van der Waals surface area contributed by atoms with E-state index in [1.807, 2.05) is 28.8 Å². The molecular weight excluding hydrogens is 412 g/mol. The van der Waals surface area contributed by atoms with Gasteiger partial charge in [-0.1, -0.05) is 49.7 Å². The third-order valence-corrected chi connectivity index (χ3v) is 6.73. The van der Waals surface area contributed by atoms with Crippen LogP contribution < -0.4 is 10.1 Å². The number of furan rings is 1. The van der Waals surface area contributed by atoms with Gasteiger partial charge >= 0.3 is 0 Å². The van der Waals surface area contributed by atoms with Crippen LogP contribution in [0.15, 0.2) is 46.5 Å². The van der Waals surface area contributed by atoms with Crippen LogP contribution in [0.3, 0.4) is 0 Å². The number of hydrogen-bond acceptors (Lipinski definition) is 6. The number of carbonyl (C=O) groups is 1. The van der Waals surface area contributed by atoms with Gasteiger partial charge < -0.3 is 14.5 Å². The molecule has 1 fully saturated rings. The lowest BCUT2D eigenvalue weighted by Gasteiger charge is -2.29. The number of methoxy groups -OCH3 is 1. The molecule has 2 atom stereocenters. The van der Waals surface area contributed by atoms with E-state index in [0.29, 0.717) is 46.3 Å². The van der Waals surface area contributed by atoms with Crippen LogP contribution in [0.1, 0.15) is 32.6 Å². The molecule has 2 heterocycles. The van der Waals surface area contributed by atoms with Crippen molar-refractivity contribution in [2.75, 3.05) is 12.9 Å². The van der Waals surface area contributed by atoms with Crippen molar-refractivity contribution in [3.8, 4) is 17.3 Å². The molecule has 0 radical (unpaired) electrons. The molecule has 31 heavy (non-hydrogen) atoms. The van der Waals surface area contributed by atoms with Crippen LogP contribution in [0.5, 0.6) is 5.75 Å². The first-order chi connectivity index (χ1) is 15.1. The number of hydrogen-bond donors (Lipinski definition) is 1. The second kappa shape index (κ2) is 9.60. The maximum Gasteiger partial charge on any atom is 0.230 e. The molecular formula is C23H28N4O3S. The van der Waals surface area contributed by atoms with Crippen LogP contribution in [0.2, 0.25) is 0 Å². The second-order valence-electron chi connectivity index (χ2n) is 7.92. The Hall–Kier alpha value is -2.74. The highest BCUT2D eigenvalue weighted by Crippen LogP contribution is 2.34. The lowest BCUT2D eigenvalue weighted by Crippen LogP contribution is -2.41. The van der Waals surface area contributed by atoms with Gasteiger partial charge in [-0.25, -0.2) is 0 Å². The van der Waals surface area contributed by atoms with Crippen LogP contribution in [-0.4, -0.2) is 39.6 Å². The molecule has 164 valence electrons. The van der Waals surface area contributed by atoms with Gasteiger partial charge in [-0.15, -0.1) is 16.8 Å². The summed E-state index contributed by atoms with van der Waals surface area (Å²) in [5.41, 5.74) is 0.670. The summed E-state index contributed by atoms with van der Waals surface area (Å²) in [5.74, 6) is 2.73. The number of nitrogens with zero attached hydrogens (tertiary/aromatic N) is 3. The van der Waals surface area contributed by atoms with Crippen molar-refractivity contribution < 1.29 is 13.9 Å². The third-order valence-electron chi connectivity index (χ3n) is 5.77. The van der Waals surface area contributed by atoms with Gasteiger partial charge in [0.05, 0.1) is 12.9 Å². The average molecular weight is 441 g/mol. The molecule has 1 aliphatic rings.